The van der Waals surface area contributed by atoms with E-state index in [1.54, 1.807) is 11.8 Å². The summed E-state index contributed by atoms with van der Waals surface area (Å²) in [6.07, 6.45) is -7.22. The molecule has 8 heteroatoms. The Morgan fingerprint density at radius 3 is 1.48 bits per heavy atom. The van der Waals surface area contributed by atoms with Gasteiger partial charge in [0, 0.05) is 26.1 Å². The van der Waals surface area contributed by atoms with E-state index in [9.17, 15) is 26.3 Å². The Morgan fingerprint density at radius 1 is 0.655 bits per heavy atom. The predicted molar refractivity (Wildman–Crippen MR) is 107 cm³/mol. The number of thiophene rings is 1. The molecule has 4 aromatic rings. The van der Waals surface area contributed by atoms with Crippen molar-refractivity contribution in [1.82, 2.24) is 0 Å². The van der Waals surface area contributed by atoms with Crippen molar-refractivity contribution in [2.24, 2.45) is 0 Å². The maximum absolute atomic E-state index is 13.2. The molecule has 0 nitrogen and oxygen atoms in total. The molecule has 1 heterocycles. The lowest BCUT2D eigenvalue weighted by Crippen LogP contribution is -2.04. The smallest absolute Gasteiger partial charge is 0.166 e. The maximum atomic E-state index is 13.2. The van der Waals surface area contributed by atoms with Gasteiger partial charge in [0.1, 0.15) is 0 Å². The third-order valence-corrected chi connectivity index (χ3v) is 7.72. The van der Waals surface area contributed by atoms with Crippen molar-refractivity contribution in [1.29, 1.82) is 0 Å². The molecule has 0 unspecified atom stereocenters. The molecule has 0 amide bonds. The van der Waals surface area contributed by atoms with Crippen LogP contribution in [-0.2, 0) is 12.4 Å². The molecule has 0 aliphatic heterocycles. The first-order chi connectivity index (χ1) is 13.6. The molecule has 0 bridgehead atoms. The number of benzene rings is 3. The fourth-order valence-electron chi connectivity index (χ4n) is 3.27. The van der Waals surface area contributed by atoms with Gasteiger partial charge in [0.15, 0.2) is 14.3 Å². The number of hydrogen-bond donors (Lipinski definition) is 0. The number of rotatable bonds is 2. The molecule has 0 radical (unpaired) electrons. The monoisotopic (exact) mass is 443 g/mol. The SMILES string of the molecule is CSc1ccc(-[s+]2c3ccc(C(F)(F)F)cc3c3cc(C(F)(F)F)ccc32)cc1. The second kappa shape index (κ2) is 6.95. The molecular weight excluding hydrogens is 430 g/mol. The lowest BCUT2D eigenvalue weighted by atomic mass is 10.1. The minimum Gasteiger partial charge on any atom is -0.166 e. The summed E-state index contributed by atoms with van der Waals surface area (Å²) in [5.41, 5.74) is -1.74. The van der Waals surface area contributed by atoms with Crippen LogP contribution in [0.15, 0.2) is 65.6 Å². The molecule has 0 N–H and O–H groups in total. The highest BCUT2D eigenvalue weighted by atomic mass is 32.2. The van der Waals surface area contributed by atoms with Crippen LogP contribution in [0.1, 0.15) is 11.1 Å². The van der Waals surface area contributed by atoms with Crippen molar-refractivity contribution in [2.75, 3.05) is 6.26 Å². The van der Waals surface area contributed by atoms with Crippen molar-refractivity contribution in [2.45, 2.75) is 17.2 Å². The van der Waals surface area contributed by atoms with Crippen molar-refractivity contribution in [3.63, 3.8) is 0 Å². The molecule has 0 saturated carbocycles. The zero-order valence-corrected chi connectivity index (χ0v) is 16.5. The Balaban J connectivity index is 2.08. The Morgan fingerprint density at radius 2 is 1.10 bits per heavy atom. The minimum atomic E-state index is -4.57. The van der Waals surface area contributed by atoms with Crippen LogP contribution in [-0.4, -0.2) is 6.26 Å². The quantitative estimate of drug-likeness (QED) is 0.170. The second-order valence-electron chi connectivity index (χ2n) is 6.40. The van der Waals surface area contributed by atoms with Crippen LogP contribution in [0.4, 0.5) is 26.3 Å². The average Bonchev–Trinajstić information content (AvgIpc) is 3.00. The predicted octanol–water partition coefficient (Wildman–Crippen LogP) is 8.49. The van der Waals surface area contributed by atoms with Gasteiger partial charge in [-0.3, -0.25) is 0 Å². The zero-order chi connectivity index (χ0) is 21.0. The van der Waals surface area contributed by atoms with Gasteiger partial charge in [-0.15, -0.1) is 11.8 Å². The maximum Gasteiger partial charge on any atom is 0.416 e. The van der Waals surface area contributed by atoms with Crippen molar-refractivity contribution < 1.29 is 26.3 Å². The van der Waals surface area contributed by atoms with Gasteiger partial charge in [-0.2, -0.15) is 26.3 Å². The summed E-state index contributed by atoms with van der Waals surface area (Å²) >= 11 is 1.55. The third kappa shape index (κ3) is 3.59. The standard InChI is InChI=1S/C21H13F6S2/c1-28-14-4-6-15(7-5-14)29-18-8-2-12(20(22,23)24)10-16(18)17-11-13(21(25,26)27)3-9-19(17)29/h2-11H,1H3/q+1. The molecule has 0 fully saturated rings. The van der Waals surface area contributed by atoms with Crippen LogP contribution in [0, 0.1) is 0 Å². The summed E-state index contributed by atoms with van der Waals surface area (Å²) in [5.74, 6) is 0. The van der Waals surface area contributed by atoms with Gasteiger partial charge in [-0.05, 0) is 66.9 Å². The Labute approximate surface area is 169 Å². The van der Waals surface area contributed by atoms with Crippen LogP contribution < -0.4 is 0 Å². The fourth-order valence-corrected chi connectivity index (χ4v) is 6.02. The van der Waals surface area contributed by atoms with E-state index in [1.807, 2.05) is 30.5 Å². The average molecular weight is 443 g/mol. The van der Waals surface area contributed by atoms with Crippen molar-refractivity contribution >= 4 is 42.4 Å². The highest BCUT2D eigenvalue weighted by Gasteiger charge is 2.35. The zero-order valence-electron chi connectivity index (χ0n) is 14.9. The van der Waals surface area contributed by atoms with E-state index in [4.69, 9.17) is 0 Å². The van der Waals surface area contributed by atoms with Crippen LogP contribution in [0.5, 0.6) is 0 Å². The first-order valence-corrected chi connectivity index (χ1v) is 10.9. The summed E-state index contributed by atoms with van der Waals surface area (Å²) in [6.45, 7) is 0. The molecule has 0 aliphatic rings. The van der Waals surface area contributed by atoms with Gasteiger partial charge < -0.3 is 0 Å². The molecule has 3 aromatic carbocycles. The van der Waals surface area contributed by atoms with E-state index in [0.29, 0.717) is 9.40 Å². The molecular formula is C21H13F6S2+. The number of thioether (sulfide) groups is 1. The highest BCUT2D eigenvalue weighted by Crippen LogP contribution is 2.50. The van der Waals surface area contributed by atoms with Gasteiger partial charge in [0.05, 0.1) is 11.1 Å². The van der Waals surface area contributed by atoms with E-state index >= 15 is 0 Å². The first kappa shape index (κ1) is 20.1. The van der Waals surface area contributed by atoms with Crippen LogP contribution >= 0.6 is 22.2 Å². The topological polar surface area (TPSA) is 0 Å². The lowest BCUT2D eigenvalue weighted by Gasteiger charge is -2.06. The Kier molecular flexibility index (Phi) is 4.82. The fraction of sp³-hybridized carbons (Fsp3) is 0.143. The normalized spacial score (nSPS) is 12.8. The minimum absolute atomic E-state index is 0.207. The van der Waals surface area contributed by atoms with Crippen LogP contribution in [0.2, 0.25) is 0 Å². The van der Waals surface area contributed by atoms with Gasteiger partial charge in [0.2, 0.25) is 0 Å². The first-order valence-electron chi connectivity index (χ1n) is 8.41. The summed E-state index contributed by atoms with van der Waals surface area (Å²) in [7, 11) is -0.765. The lowest BCUT2D eigenvalue weighted by molar-refractivity contribution is -0.138. The van der Waals surface area contributed by atoms with E-state index in [0.717, 1.165) is 34.1 Å². The molecule has 4 rings (SSSR count). The molecule has 0 spiro atoms. The molecule has 150 valence electrons. The number of alkyl halides is 6. The summed E-state index contributed by atoms with van der Waals surface area (Å²) in [4.78, 5) is 1.87. The Hall–Kier alpha value is -2.19. The molecule has 29 heavy (non-hydrogen) atoms. The van der Waals surface area contributed by atoms with E-state index in [-0.39, 0.29) is 10.8 Å². The molecule has 0 saturated heterocycles. The summed E-state index contributed by atoms with van der Waals surface area (Å²) < 4.78 is 80.5. The number of hydrogen-bond acceptors (Lipinski definition) is 1. The Bertz CT molecular complexity index is 1130. The van der Waals surface area contributed by atoms with E-state index < -0.39 is 33.9 Å². The van der Waals surface area contributed by atoms with Gasteiger partial charge in [-0.1, -0.05) is 0 Å². The van der Waals surface area contributed by atoms with Crippen molar-refractivity contribution in [3.05, 3.63) is 71.8 Å². The summed E-state index contributed by atoms with van der Waals surface area (Å²) in [5, 5.41) is 0.413. The van der Waals surface area contributed by atoms with Gasteiger partial charge in [0.25, 0.3) is 0 Å². The van der Waals surface area contributed by atoms with E-state index in [1.165, 1.54) is 12.1 Å². The second-order valence-corrected chi connectivity index (χ2v) is 9.24. The molecule has 0 atom stereocenters. The number of halogens is 6. The van der Waals surface area contributed by atoms with Crippen LogP contribution in [0.25, 0.3) is 25.1 Å². The van der Waals surface area contributed by atoms with Gasteiger partial charge in [-0.25, -0.2) is 0 Å². The molecule has 0 aliphatic carbocycles. The van der Waals surface area contributed by atoms with Crippen LogP contribution in [0.3, 0.4) is 0 Å². The highest BCUT2D eigenvalue weighted by molar-refractivity contribution is 7.98. The summed E-state index contributed by atoms with van der Waals surface area (Å²) in [6, 6.07) is 14.2. The van der Waals surface area contributed by atoms with Gasteiger partial charge >= 0.3 is 12.4 Å². The third-order valence-electron chi connectivity index (χ3n) is 4.64. The largest absolute Gasteiger partial charge is 0.416 e. The number of fused-ring (bicyclic) bond motifs is 3. The van der Waals surface area contributed by atoms with Crippen molar-refractivity contribution in [3.8, 4) is 4.90 Å². The van der Waals surface area contributed by atoms with E-state index in [2.05, 4.69) is 0 Å². The molecule has 1 aromatic heterocycles.